The van der Waals surface area contributed by atoms with E-state index in [4.69, 9.17) is 0 Å². The predicted molar refractivity (Wildman–Crippen MR) is 117 cm³/mol. The number of nitrogens with zero attached hydrogens (tertiary/aromatic N) is 4. The number of hydrogen-bond donors (Lipinski definition) is 2. The number of imidazole rings is 1. The lowest BCUT2D eigenvalue weighted by atomic mass is 10.1. The third-order valence-electron chi connectivity index (χ3n) is 4.80. The Balaban J connectivity index is 1.52. The van der Waals surface area contributed by atoms with E-state index in [1.54, 1.807) is 6.20 Å². The highest BCUT2D eigenvalue weighted by Gasteiger charge is 2.06. The lowest BCUT2D eigenvalue weighted by Gasteiger charge is -2.12. The quantitative estimate of drug-likeness (QED) is 0.470. The lowest BCUT2D eigenvalue weighted by molar-refractivity contribution is 0.975. The topological polar surface area (TPSA) is 67.7 Å². The summed E-state index contributed by atoms with van der Waals surface area (Å²) in [5.74, 6) is 2.30. The number of anilines is 4. The van der Waals surface area contributed by atoms with Gasteiger partial charge in [-0.25, -0.2) is 9.97 Å². The van der Waals surface area contributed by atoms with Crippen LogP contribution in [0.15, 0.2) is 67.1 Å². The minimum Gasteiger partial charge on any atom is -0.340 e. The van der Waals surface area contributed by atoms with Gasteiger partial charge in [-0.2, -0.15) is 4.98 Å². The third kappa shape index (κ3) is 4.27. The van der Waals surface area contributed by atoms with Gasteiger partial charge in [-0.15, -0.1) is 0 Å². The molecule has 0 aliphatic heterocycles. The van der Waals surface area contributed by atoms with Crippen molar-refractivity contribution < 1.29 is 0 Å². The van der Waals surface area contributed by atoms with Crippen LogP contribution in [0.3, 0.4) is 0 Å². The monoisotopic (exact) mass is 384 g/mol. The van der Waals surface area contributed by atoms with Crippen molar-refractivity contribution in [3.8, 4) is 5.69 Å². The third-order valence-corrected chi connectivity index (χ3v) is 4.80. The van der Waals surface area contributed by atoms with Gasteiger partial charge in [0.1, 0.15) is 11.6 Å². The first-order chi connectivity index (χ1) is 14.1. The normalized spacial score (nSPS) is 10.7. The van der Waals surface area contributed by atoms with Crippen LogP contribution in [0.5, 0.6) is 0 Å². The lowest BCUT2D eigenvalue weighted by Crippen LogP contribution is -2.03. The molecule has 6 nitrogen and oxygen atoms in total. The van der Waals surface area contributed by atoms with Gasteiger partial charge in [0.05, 0.1) is 0 Å². The summed E-state index contributed by atoms with van der Waals surface area (Å²) in [6.07, 6.45) is 6.57. The number of aromatic nitrogens is 4. The smallest absolute Gasteiger partial charge is 0.229 e. The second-order valence-electron chi connectivity index (χ2n) is 6.92. The van der Waals surface area contributed by atoms with E-state index in [9.17, 15) is 0 Å². The maximum absolute atomic E-state index is 4.66. The number of aryl methyl sites for hydroxylation is 3. The summed E-state index contributed by atoms with van der Waals surface area (Å²) in [5, 5.41) is 6.69. The van der Waals surface area contributed by atoms with Crippen molar-refractivity contribution >= 4 is 23.1 Å². The molecule has 6 heteroatoms. The molecule has 0 spiro atoms. The molecule has 2 N–H and O–H groups in total. The molecular weight excluding hydrogens is 360 g/mol. The first-order valence-electron chi connectivity index (χ1n) is 9.69. The molecule has 0 saturated heterocycles. The van der Waals surface area contributed by atoms with Crippen LogP contribution in [-0.2, 0) is 6.42 Å². The van der Waals surface area contributed by atoms with Crippen molar-refractivity contribution in [1.82, 2.24) is 19.5 Å². The van der Waals surface area contributed by atoms with Crippen LogP contribution >= 0.6 is 0 Å². The molecule has 0 atom stereocenters. The molecule has 2 aromatic carbocycles. The molecule has 2 heterocycles. The van der Waals surface area contributed by atoms with Crippen molar-refractivity contribution in [2.75, 3.05) is 10.6 Å². The highest BCUT2D eigenvalue weighted by molar-refractivity contribution is 5.63. The maximum Gasteiger partial charge on any atom is 0.229 e. The standard InChI is InChI=1S/C23H24N6/c1-4-18-6-5-7-20(14-18)26-22-16(2)15-25-23(28-22)27-19-8-10-21(11-9-19)29-13-12-24-17(29)3/h5-15H,4H2,1-3H3,(H2,25,26,27,28). The van der Waals surface area contributed by atoms with E-state index in [1.165, 1.54) is 5.56 Å². The fraction of sp³-hybridized carbons (Fsp3) is 0.174. The van der Waals surface area contributed by atoms with Gasteiger partial charge < -0.3 is 15.2 Å². The van der Waals surface area contributed by atoms with Gasteiger partial charge in [-0.3, -0.25) is 0 Å². The molecule has 4 aromatic rings. The Morgan fingerprint density at radius 3 is 2.48 bits per heavy atom. The summed E-state index contributed by atoms with van der Waals surface area (Å²) in [4.78, 5) is 13.3. The van der Waals surface area contributed by atoms with E-state index >= 15 is 0 Å². The molecule has 0 amide bonds. The first-order valence-corrected chi connectivity index (χ1v) is 9.69. The number of nitrogens with one attached hydrogen (secondary N) is 2. The van der Waals surface area contributed by atoms with Gasteiger partial charge in [0.15, 0.2) is 0 Å². The van der Waals surface area contributed by atoms with Crippen LogP contribution < -0.4 is 10.6 Å². The summed E-state index contributed by atoms with van der Waals surface area (Å²) in [7, 11) is 0. The van der Waals surface area contributed by atoms with E-state index in [0.29, 0.717) is 5.95 Å². The predicted octanol–water partition coefficient (Wildman–Crippen LogP) is 5.33. The zero-order valence-corrected chi connectivity index (χ0v) is 16.8. The average molecular weight is 384 g/mol. The Morgan fingerprint density at radius 1 is 0.931 bits per heavy atom. The molecule has 0 aliphatic carbocycles. The molecule has 29 heavy (non-hydrogen) atoms. The Labute approximate surface area is 170 Å². The maximum atomic E-state index is 4.66. The largest absolute Gasteiger partial charge is 0.340 e. The zero-order valence-electron chi connectivity index (χ0n) is 16.8. The van der Waals surface area contributed by atoms with E-state index in [0.717, 1.165) is 40.7 Å². The van der Waals surface area contributed by atoms with Crippen LogP contribution in [0.25, 0.3) is 5.69 Å². The van der Waals surface area contributed by atoms with Gasteiger partial charge in [0, 0.05) is 41.2 Å². The van der Waals surface area contributed by atoms with Crippen molar-refractivity contribution in [3.05, 3.63) is 84.1 Å². The average Bonchev–Trinajstić information content (AvgIpc) is 3.17. The molecule has 146 valence electrons. The molecule has 0 bridgehead atoms. The van der Waals surface area contributed by atoms with Crippen LogP contribution in [-0.4, -0.2) is 19.5 Å². The Kier molecular flexibility index (Phi) is 5.24. The fourth-order valence-corrected chi connectivity index (χ4v) is 3.12. The molecule has 0 aliphatic rings. The molecule has 2 aromatic heterocycles. The first kappa shape index (κ1) is 18.7. The molecule has 0 radical (unpaired) electrons. The SMILES string of the molecule is CCc1cccc(Nc2nc(Nc3ccc(-n4ccnc4C)cc3)ncc2C)c1. The van der Waals surface area contributed by atoms with Crippen LogP contribution in [0, 0.1) is 13.8 Å². The summed E-state index contributed by atoms with van der Waals surface area (Å²) in [6.45, 7) is 6.13. The molecule has 0 saturated carbocycles. The molecule has 0 fully saturated rings. The highest BCUT2D eigenvalue weighted by atomic mass is 15.1. The summed E-state index contributed by atoms with van der Waals surface area (Å²) in [6, 6.07) is 16.5. The van der Waals surface area contributed by atoms with Gasteiger partial charge in [-0.05, 0) is 62.2 Å². The van der Waals surface area contributed by atoms with Crippen molar-refractivity contribution in [3.63, 3.8) is 0 Å². The number of rotatable bonds is 6. The van der Waals surface area contributed by atoms with E-state index in [-0.39, 0.29) is 0 Å². The minimum absolute atomic E-state index is 0.552. The van der Waals surface area contributed by atoms with E-state index in [1.807, 2.05) is 61.1 Å². The van der Waals surface area contributed by atoms with Crippen molar-refractivity contribution in [2.45, 2.75) is 27.2 Å². The zero-order chi connectivity index (χ0) is 20.2. The molecule has 0 unspecified atom stereocenters. The van der Waals surface area contributed by atoms with Crippen LogP contribution in [0.2, 0.25) is 0 Å². The molecular formula is C23H24N6. The van der Waals surface area contributed by atoms with Gasteiger partial charge in [-0.1, -0.05) is 19.1 Å². The van der Waals surface area contributed by atoms with Crippen LogP contribution in [0.4, 0.5) is 23.1 Å². The summed E-state index contributed by atoms with van der Waals surface area (Å²) in [5.41, 5.74) is 5.29. The van der Waals surface area contributed by atoms with Crippen molar-refractivity contribution in [1.29, 1.82) is 0 Å². The van der Waals surface area contributed by atoms with Crippen LogP contribution in [0.1, 0.15) is 23.9 Å². The van der Waals surface area contributed by atoms with Crippen molar-refractivity contribution in [2.24, 2.45) is 0 Å². The Bertz CT molecular complexity index is 1110. The molecule has 4 rings (SSSR count). The second-order valence-corrected chi connectivity index (χ2v) is 6.92. The second kappa shape index (κ2) is 8.14. The number of benzene rings is 2. The van der Waals surface area contributed by atoms with E-state index in [2.05, 4.69) is 50.7 Å². The Hall–Kier alpha value is -3.67. The van der Waals surface area contributed by atoms with E-state index < -0.39 is 0 Å². The summed E-state index contributed by atoms with van der Waals surface area (Å²) < 4.78 is 2.04. The van der Waals surface area contributed by atoms with Gasteiger partial charge in [0.25, 0.3) is 0 Å². The minimum atomic E-state index is 0.552. The highest BCUT2D eigenvalue weighted by Crippen LogP contribution is 2.22. The van der Waals surface area contributed by atoms with Gasteiger partial charge >= 0.3 is 0 Å². The fourth-order valence-electron chi connectivity index (χ4n) is 3.12. The van der Waals surface area contributed by atoms with Gasteiger partial charge in [0.2, 0.25) is 5.95 Å². The summed E-state index contributed by atoms with van der Waals surface area (Å²) >= 11 is 0. The number of hydrogen-bond acceptors (Lipinski definition) is 5. The Morgan fingerprint density at radius 2 is 1.76 bits per heavy atom.